The third kappa shape index (κ3) is 3.71. The van der Waals surface area contributed by atoms with Gasteiger partial charge in [0.25, 0.3) is 5.91 Å². The molecule has 1 heterocycles. The number of hydrogen-bond acceptors (Lipinski definition) is 2. The highest BCUT2D eigenvalue weighted by Gasteiger charge is 2.14. The zero-order valence-corrected chi connectivity index (χ0v) is 13.8. The lowest BCUT2D eigenvalue weighted by atomic mass is 10.1. The summed E-state index contributed by atoms with van der Waals surface area (Å²) in [5, 5.41) is 0. The molecule has 0 atom stereocenters. The molecule has 0 saturated heterocycles. The Morgan fingerprint density at radius 3 is 2.46 bits per heavy atom. The van der Waals surface area contributed by atoms with Crippen LogP contribution < -0.4 is 0 Å². The summed E-state index contributed by atoms with van der Waals surface area (Å²) in [7, 11) is 0. The van der Waals surface area contributed by atoms with Crippen molar-refractivity contribution in [2.45, 2.75) is 13.3 Å². The highest BCUT2D eigenvalue weighted by Crippen LogP contribution is 2.12. The van der Waals surface area contributed by atoms with Crippen molar-refractivity contribution in [3.05, 3.63) is 84.4 Å². The maximum atomic E-state index is 12.7. The first kappa shape index (κ1) is 16.0. The molecule has 2 aromatic carbocycles. The van der Waals surface area contributed by atoms with Gasteiger partial charge in [0.2, 0.25) is 0 Å². The second-order valence-electron chi connectivity index (χ2n) is 5.64. The lowest BCUT2D eigenvalue weighted by molar-refractivity contribution is 0.0766. The quantitative estimate of drug-likeness (QED) is 0.696. The molecule has 0 radical (unpaired) electrons. The van der Waals surface area contributed by atoms with Gasteiger partial charge in [0.15, 0.2) is 0 Å². The summed E-state index contributed by atoms with van der Waals surface area (Å²) in [4.78, 5) is 18.6. The van der Waals surface area contributed by atoms with E-state index in [-0.39, 0.29) is 5.91 Å². The summed E-state index contributed by atoms with van der Waals surface area (Å²) in [6.45, 7) is 3.44. The van der Waals surface area contributed by atoms with Gasteiger partial charge in [-0.1, -0.05) is 30.3 Å². The Morgan fingerprint density at radius 1 is 1.08 bits per heavy atom. The van der Waals surface area contributed by atoms with Crippen LogP contribution in [0.3, 0.4) is 0 Å². The number of hydrogen-bond donors (Lipinski definition) is 0. The van der Waals surface area contributed by atoms with E-state index in [4.69, 9.17) is 0 Å². The van der Waals surface area contributed by atoms with Gasteiger partial charge < -0.3 is 9.47 Å². The topological polar surface area (TPSA) is 38.1 Å². The predicted molar refractivity (Wildman–Crippen MR) is 95.3 cm³/mol. The van der Waals surface area contributed by atoms with Crippen molar-refractivity contribution in [2.24, 2.45) is 0 Å². The highest BCUT2D eigenvalue weighted by molar-refractivity contribution is 5.94. The fourth-order valence-corrected chi connectivity index (χ4v) is 2.68. The highest BCUT2D eigenvalue weighted by atomic mass is 16.2. The third-order valence-electron chi connectivity index (χ3n) is 4.10. The summed E-state index contributed by atoms with van der Waals surface area (Å²) in [5.74, 6) is 0.0746. The van der Waals surface area contributed by atoms with E-state index < -0.39 is 0 Å². The van der Waals surface area contributed by atoms with E-state index in [1.54, 1.807) is 12.5 Å². The molecule has 0 aliphatic rings. The van der Waals surface area contributed by atoms with Gasteiger partial charge in [-0.05, 0) is 43.2 Å². The van der Waals surface area contributed by atoms with E-state index >= 15 is 0 Å². The smallest absolute Gasteiger partial charge is 0.253 e. The van der Waals surface area contributed by atoms with Crippen molar-refractivity contribution in [2.75, 3.05) is 13.1 Å². The van der Waals surface area contributed by atoms with E-state index in [2.05, 4.69) is 17.1 Å². The Labute approximate surface area is 142 Å². The van der Waals surface area contributed by atoms with Crippen LogP contribution in [0.5, 0.6) is 0 Å². The Bertz CT molecular complexity index is 764. The molecule has 4 heteroatoms. The van der Waals surface area contributed by atoms with Gasteiger partial charge in [-0.15, -0.1) is 0 Å². The number of nitrogens with zero attached hydrogens (tertiary/aromatic N) is 3. The lowest BCUT2D eigenvalue weighted by Gasteiger charge is -2.21. The maximum absolute atomic E-state index is 12.7. The van der Waals surface area contributed by atoms with Gasteiger partial charge in [-0.2, -0.15) is 0 Å². The van der Waals surface area contributed by atoms with E-state index in [1.165, 1.54) is 5.56 Å². The molecule has 0 unspecified atom stereocenters. The van der Waals surface area contributed by atoms with Crippen LogP contribution in [0.1, 0.15) is 22.8 Å². The fraction of sp³-hybridized carbons (Fsp3) is 0.200. The summed E-state index contributed by atoms with van der Waals surface area (Å²) in [5.41, 5.74) is 2.96. The van der Waals surface area contributed by atoms with E-state index in [0.29, 0.717) is 12.1 Å². The normalized spacial score (nSPS) is 10.5. The Morgan fingerprint density at radius 2 is 1.83 bits per heavy atom. The average Bonchev–Trinajstić information content (AvgIpc) is 3.18. The van der Waals surface area contributed by atoms with Gasteiger partial charge in [-0.25, -0.2) is 4.98 Å². The Balaban J connectivity index is 1.67. The number of rotatable bonds is 6. The first-order chi connectivity index (χ1) is 11.8. The number of likely N-dealkylation sites (N-methyl/N-ethyl adjacent to an activating group) is 1. The molecular formula is C20H21N3O. The number of carbonyl (C=O) groups excluding carboxylic acids is 1. The lowest BCUT2D eigenvalue weighted by Crippen LogP contribution is -2.32. The van der Waals surface area contributed by atoms with Gasteiger partial charge >= 0.3 is 0 Å². The zero-order valence-electron chi connectivity index (χ0n) is 13.8. The molecule has 0 aliphatic carbocycles. The molecule has 0 saturated carbocycles. The minimum atomic E-state index is 0.0746. The van der Waals surface area contributed by atoms with Crippen molar-refractivity contribution in [1.82, 2.24) is 14.5 Å². The molecule has 122 valence electrons. The van der Waals surface area contributed by atoms with E-state index in [9.17, 15) is 4.79 Å². The fourth-order valence-electron chi connectivity index (χ4n) is 2.68. The maximum Gasteiger partial charge on any atom is 0.253 e. The van der Waals surface area contributed by atoms with Crippen LogP contribution in [0.25, 0.3) is 5.69 Å². The number of imidazole rings is 1. The number of aromatic nitrogens is 2. The van der Waals surface area contributed by atoms with E-state index in [1.807, 2.05) is 65.1 Å². The first-order valence-corrected chi connectivity index (χ1v) is 8.19. The van der Waals surface area contributed by atoms with Crippen LogP contribution in [0.2, 0.25) is 0 Å². The standard InChI is InChI=1S/C20H21N3O/c1-2-22(14-12-17-6-4-3-5-7-17)20(24)18-8-10-19(11-9-18)23-15-13-21-16-23/h3-11,13,15-16H,2,12,14H2,1H3. The van der Waals surface area contributed by atoms with Gasteiger partial charge in [-0.3, -0.25) is 4.79 Å². The predicted octanol–water partition coefficient (Wildman–Crippen LogP) is 3.58. The zero-order chi connectivity index (χ0) is 16.8. The average molecular weight is 319 g/mol. The van der Waals surface area contributed by atoms with Crippen LogP contribution in [0.15, 0.2) is 73.3 Å². The van der Waals surface area contributed by atoms with Crippen molar-refractivity contribution >= 4 is 5.91 Å². The summed E-state index contributed by atoms with van der Waals surface area (Å²) in [6.07, 6.45) is 6.24. The minimum absolute atomic E-state index is 0.0746. The molecule has 0 N–H and O–H groups in total. The van der Waals surface area contributed by atoms with Crippen molar-refractivity contribution in [3.8, 4) is 5.69 Å². The number of carbonyl (C=O) groups is 1. The van der Waals surface area contributed by atoms with Crippen molar-refractivity contribution in [1.29, 1.82) is 0 Å². The largest absolute Gasteiger partial charge is 0.339 e. The molecule has 0 aliphatic heterocycles. The SMILES string of the molecule is CCN(CCc1ccccc1)C(=O)c1ccc(-n2ccnc2)cc1. The number of benzene rings is 2. The van der Waals surface area contributed by atoms with Crippen molar-refractivity contribution in [3.63, 3.8) is 0 Å². The van der Waals surface area contributed by atoms with Crippen LogP contribution in [0, 0.1) is 0 Å². The molecule has 3 rings (SSSR count). The number of amides is 1. The molecule has 3 aromatic rings. The molecule has 0 fully saturated rings. The van der Waals surface area contributed by atoms with Crippen LogP contribution in [-0.2, 0) is 6.42 Å². The molecular weight excluding hydrogens is 298 g/mol. The molecule has 0 spiro atoms. The van der Waals surface area contributed by atoms with Crippen LogP contribution in [-0.4, -0.2) is 33.4 Å². The Kier molecular flexibility index (Phi) is 5.06. The summed E-state index contributed by atoms with van der Waals surface area (Å²) in [6, 6.07) is 17.9. The van der Waals surface area contributed by atoms with Crippen LogP contribution >= 0.6 is 0 Å². The molecule has 24 heavy (non-hydrogen) atoms. The van der Waals surface area contributed by atoms with Gasteiger partial charge in [0, 0.05) is 36.7 Å². The van der Waals surface area contributed by atoms with Gasteiger partial charge in [0.1, 0.15) is 0 Å². The summed E-state index contributed by atoms with van der Waals surface area (Å²) < 4.78 is 1.92. The Hall–Kier alpha value is -2.88. The molecule has 0 bridgehead atoms. The molecule has 1 amide bonds. The minimum Gasteiger partial charge on any atom is -0.339 e. The van der Waals surface area contributed by atoms with Crippen molar-refractivity contribution < 1.29 is 4.79 Å². The second kappa shape index (κ2) is 7.59. The monoisotopic (exact) mass is 319 g/mol. The molecule has 1 aromatic heterocycles. The van der Waals surface area contributed by atoms with E-state index in [0.717, 1.165) is 18.7 Å². The van der Waals surface area contributed by atoms with Crippen LogP contribution in [0.4, 0.5) is 0 Å². The second-order valence-corrected chi connectivity index (χ2v) is 5.64. The van der Waals surface area contributed by atoms with Gasteiger partial charge in [0.05, 0.1) is 6.33 Å². The third-order valence-corrected chi connectivity index (χ3v) is 4.10. The molecule has 4 nitrogen and oxygen atoms in total. The summed E-state index contributed by atoms with van der Waals surface area (Å²) >= 11 is 0. The first-order valence-electron chi connectivity index (χ1n) is 8.19.